The smallest absolute Gasteiger partial charge is 0.305 e. The molecule has 1 saturated heterocycles. The van der Waals surface area contributed by atoms with Gasteiger partial charge in [-0.3, -0.25) is 9.59 Å². The average molecular weight is 313 g/mol. The molecule has 3 atom stereocenters. The lowest BCUT2D eigenvalue weighted by Gasteiger charge is -2.45. The molecule has 0 saturated carbocycles. The molecule has 1 amide bonds. The molecule has 22 heavy (non-hydrogen) atoms. The Kier molecular flexibility index (Phi) is 6.85. The summed E-state index contributed by atoms with van der Waals surface area (Å²) in [5.41, 5.74) is 0. The summed E-state index contributed by atoms with van der Waals surface area (Å²) < 4.78 is 5.92. The third-order valence-corrected chi connectivity index (χ3v) is 5.12. The van der Waals surface area contributed by atoms with E-state index in [0.717, 1.165) is 30.4 Å². The zero-order valence-electron chi connectivity index (χ0n) is 15.1. The van der Waals surface area contributed by atoms with Crippen LogP contribution in [0, 0.1) is 11.8 Å². The second-order valence-electron chi connectivity index (χ2n) is 7.38. The average Bonchev–Trinajstić information content (AvgIpc) is 2.43. The van der Waals surface area contributed by atoms with Crippen molar-refractivity contribution >= 4 is 11.9 Å². The van der Waals surface area contributed by atoms with Crippen LogP contribution >= 0.6 is 0 Å². The lowest BCUT2D eigenvalue weighted by Crippen LogP contribution is -2.55. The van der Waals surface area contributed by atoms with Gasteiger partial charge < -0.3 is 14.1 Å². The predicted molar refractivity (Wildman–Crippen MR) is 87.2 cm³/mol. The van der Waals surface area contributed by atoms with Crippen LogP contribution in [0.2, 0.25) is 0 Å². The SMILES string of the molecule is CCOC(=O)CC[C@@H]1CCN(C(C)=O)C[C@@H]1C(C)[N+](C)(C)C. The van der Waals surface area contributed by atoms with Crippen LogP contribution in [0.5, 0.6) is 0 Å². The molecular weight excluding hydrogens is 280 g/mol. The van der Waals surface area contributed by atoms with Crippen LogP contribution in [0.15, 0.2) is 0 Å². The summed E-state index contributed by atoms with van der Waals surface area (Å²) in [6, 6.07) is 0.439. The van der Waals surface area contributed by atoms with E-state index in [9.17, 15) is 9.59 Å². The minimum absolute atomic E-state index is 0.104. The third kappa shape index (κ3) is 5.27. The number of carbonyl (C=O) groups excluding carboxylic acids is 2. The molecule has 5 nitrogen and oxygen atoms in total. The third-order valence-electron chi connectivity index (χ3n) is 5.12. The second kappa shape index (κ2) is 7.95. The highest BCUT2D eigenvalue weighted by atomic mass is 16.5. The predicted octanol–water partition coefficient (Wildman–Crippen LogP) is 1.91. The van der Waals surface area contributed by atoms with E-state index in [-0.39, 0.29) is 11.9 Å². The van der Waals surface area contributed by atoms with Crippen LogP contribution in [-0.4, -0.2) is 68.1 Å². The number of amides is 1. The first-order valence-electron chi connectivity index (χ1n) is 8.39. The van der Waals surface area contributed by atoms with Crippen molar-refractivity contribution in [1.29, 1.82) is 0 Å². The van der Waals surface area contributed by atoms with Gasteiger partial charge in [-0.05, 0) is 32.6 Å². The number of rotatable bonds is 6. The highest BCUT2D eigenvalue weighted by molar-refractivity contribution is 5.73. The molecule has 0 aromatic heterocycles. The van der Waals surface area contributed by atoms with Crippen LogP contribution < -0.4 is 0 Å². The van der Waals surface area contributed by atoms with E-state index in [1.54, 1.807) is 6.92 Å². The molecule has 0 radical (unpaired) electrons. The van der Waals surface area contributed by atoms with Crippen molar-refractivity contribution in [2.75, 3.05) is 40.8 Å². The van der Waals surface area contributed by atoms with Crippen molar-refractivity contribution in [2.45, 2.75) is 46.1 Å². The molecule has 5 heteroatoms. The molecule has 128 valence electrons. The van der Waals surface area contributed by atoms with Gasteiger partial charge >= 0.3 is 5.97 Å². The molecule has 1 aliphatic rings. The maximum Gasteiger partial charge on any atom is 0.305 e. The van der Waals surface area contributed by atoms with Crippen molar-refractivity contribution in [3.8, 4) is 0 Å². The van der Waals surface area contributed by atoms with E-state index in [1.807, 2.05) is 11.8 Å². The molecule has 0 aromatic rings. The molecule has 0 N–H and O–H groups in total. The van der Waals surface area contributed by atoms with Crippen molar-refractivity contribution in [2.24, 2.45) is 11.8 Å². The van der Waals surface area contributed by atoms with Crippen molar-refractivity contribution in [3.63, 3.8) is 0 Å². The monoisotopic (exact) mass is 313 g/mol. The van der Waals surface area contributed by atoms with Gasteiger partial charge in [-0.25, -0.2) is 0 Å². The highest BCUT2D eigenvalue weighted by Crippen LogP contribution is 2.33. The topological polar surface area (TPSA) is 46.6 Å². The first-order valence-corrected chi connectivity index (χ1v) is 8.39. The zero-order valence-corrected chi connectivity index (χ0v) is 15.1. The standard InChI is InChI=1S/C17H33N2O3/c1-7-22-17(21)9-8-15-10-11-18(14(3)20)12-16(15)13(2)19(4,5)6/h13,15-16H,7-12H2,1-6H3/q+1/t13?,15-,16-/m1/s1. The van der Waals surface area contributed by atoms with Crippen LogP contribution in [0.25, 0.3) is 0 Å². The van der Waals surface area contributed by atoms with Crippen molar-refractivity contribution in [3.05, 3.63) is 0 Å². The number of piperidine rings is 1. The highest BCUT2D eigenvalue weighted by Gasteiger charge is 2.39. The van der Waals surface area contributed by atoms with Gasteiger partial charge in [-0.15, -0.1) is 0 Å². The van der Waals surface area contributed by atoms with Crippen molar-refractivity contribution < 1.29 is 18.8 Å². The first-order chi connectivity index (χ1) is 10.2. The van der Waals surface area contributed by atoms with Gasteiger partial charge in [0, 0.05) is 32.4 Å². The second-order valence-corrected chi connectivity index (χ2v) is 7.38. The van der Waals surface area contributed by atoms with E-state index in [1.165, 1.54) is 0 Å². The van der Waals surface area contributed by atoms with E-state index >= 15 is 0 Å². The summed E-state index contributed by atoms with van der Waals surface area (Å²) in [7, 11) is 6.58. The molecular formula is C17H33N2O3+. The van der Waals surface area contributed by atoms with Gasteiger partial charge in [0.1, 0.15) is 0 Å². The fourth-order valence-electron chi connectivity index (χ4n) is 3.33. The summed E-state index contributed by atoms with van der Waals surface area (Å²) >= 11 is 0. The molecule has 0 spiro atoms. The Morgan fingerprint density at radius 2 is 1.95 bits per heavy atom. The lowest BCUT2D eigenvalue weighted by molar-refractivity contribution is -0.898. The van der Waals surface area contributed by atoms with Gasteiger partial charge in [-0.2, -0.15) is 0 Å². The normalized spacial score (nSPS) is 24.0. The molecule has 0 aliphatic carbocycles. The lowest BCUT2D eigenvalue weighted by atomic mass is 9.77. The number of likely N-dealkylation sites (tertiary alicyclic amines) is 1. The summed E-state index contributed by atoms with van der Waals surface area (Å²) in [5, 5.41) is 0. The number of carbonyl (C=O) groups is 2. The Morgan fingerprint density at radius 3 is 2.45 bits per heavy atom. The Balaban J connectivity index is 2.75. The number of hydrogen-bond donors (Lipinski definition) is 0. The van der Waals surface area contributed by atoms with Crippen LogP contribution in [0.1, 0.15) is 40.0 Å². The summed E-state index contributed by atoms with van der Waals surface area (Å²) in [4.78, 5) is 25.3. The van der Waals surface area contributed by atoms with Gasteiger partial charge in [0.15, 0.2) is 0 Å². The summed E-state index contributed by atoms with van der Waals surface area (Å²) in [5.74, 6) is 0.954. The Bertz CT molecular complexity index is 390. The molecule has 1 rings (SSSR count). The number of nitrogens with zero attached hydrogens (tertiary/aromatic N) is 2. The first kappa shape index (κ1) is 18.9. The van der Waals surface area contributed by atoms with Crippen LogP contribution in [0.4, 0.5) is 0 Å². The summed E-state index contributed by atoms with van der Waals surface area (Å²) in [6.45, 7) is 7.80. The Morgan fingerprint density at radius 1 is 1.32 bits per heavy atom. The Labute approximate surface area is 135 Å². The minimum Gasteiger partial charge on any atom is -0.466 e. The minimum atomic E-state index is -0.104. The quantitative estimate of drug-likeness (QED) is 0.556. The number of esters is 1. The van der Waals surface area contributed by atoms with Crippen molar-refractivity contribution in [1.82, 2.24) is 4.90 Å². The maximum atomic E-state index is 11.7. The van der Waals surface area contributed by atoms with E-state index in [0.29, 0.717) is 30.9 Å². The molecule has 1 unspecified atom stereocenters. The number of ether oxygens (including phenoxy) is 1. The van der Waals surface area contributed by atoms with E-state index in [2.05, 4.69) is 28.1 Å². The van der Waals surface area contributed by atoms with E-state index in [4.69, 9.17) is 4.74 Å². The molecule has 1 heterocycles. The van der Waals surface area contributed by atoms with Gasteiger partial charge in [-0.1, -0.05) is 0 Å². The van der Waals surface area contributed by atoms with Gasteiger partial charge in [0.2, 0.25) is 5.91 Å². The fraction of sp³-hybridized carbons (Fsp3) is 0.882. The van der Waals surface area contributed by atoms with Crippen LogP contribution in [-0.2, 0) is 14.3 Å². The zero-order chi connectivity index (χ0) is 16.9. The largest absolute Gasteiger partial charge is 0.466 e. The maximum absolute atomic E-state index is 11.7. The van der Waals surface area contributed by atoms with E-state index < -0.39 is 0 Å². The van der Waals surface area contributed by atoms with Gasteiger partial charge in [0.05, 0.1) is 33.8 Å². The summed E-state index contributed by atoms with van der Waals surface area (Å²) in [6.07, 6.45) is 2.33. The number of hydrogen-bond acceptors (Lipinski definition) is 3. The van der Waals surface area contributed by atoms with Crippen LogP contribution in [0.3, 0.4) is 0 Å². The van der Waals surface area contributed by atoms with Gasteiger partial charge in [0.25, 0.3) is 0 Å². The Hall–Kier alpha value is -1.10. The number of quaternary nitrogens is 1. The molecule has 0 bridgehead atoms. The fourth-order valence-corrected chi connectivity index (χ4v) is 3.33. The molecule has 1 fully saturated rings. The molecule has 1 aliphatic heterocycles. The molecule has 0 aromatic carbocycles.